The van der Waals surface area contributed by atoms with Gasteiger partial charge >= 0.3 is 0 Å². The first-order valence-corrected chi connectivity index (χ1v) is 10.5. The summed E-state index contributed by atoms with van der Waals surface area (Å²) >= 11 is 0. The van der Waals surface area contributed by atoms with Crippen molar-refractivity contribution in [3.05, 3.63) is 65.2 Å². The van der Waals surface area contributed by atoms with Crippen molar-refractivity contribution in [2.24, 2.45) is 0 Å². The maximum Gasteiger partial charge on any atom is 0.247 e. The molecule has 0 bridgehead atoms. The molecule has 0 spiro atoms. The lowest BCUT2D eigenvalue weighted by molar-refractivity contribution is -0.156. The summed E-state index contributed by atoms with van der Waals surface area (Å²) in [6.45, 7) is 5.53. The van der Waals surface area contributed by atoms with Crippen LogP contribution in [0.1, 0.15) is 23.1 Å². The van der Waals surface area contributed by atoms with E-state index in [1.165, 1.54) is 5.56 Å². The highest BCUT2D eigenvalue weighted by molar-refractivity contribution is 5.95. The Bertz CT molecular complexity index is 915. The summed E-state index contributed by atoms with van der Waals surface area (Å²) < 4.78 is 5.36. The Kier molecular flexibility index (Phi) is 6.04. The molecule has 0 aliphatic carbocycles. The van der Waals surface area contributed by atoms with E-state index in [1.807, 2.05) is 43.3 Å². The number of ether oxygens (including phenoxy) is 1. The maximum absolute atomic E-state index is 13.3. The quantitative estimate of drug-likeness (QED) is 0.764. The average Bonchev–Trinajstić information content (AvgIpc) is 2.96. The molecule has 2 aromatic carbocycles. The molecule has 2 heterocycles. The normalized spacial score (nSPS) is 20.1. The number of fused-ring (bicyclic) bond motifs is 1. The Morgan fingerprint density at radius 1 is 1.00 bits per heavy atom. The van der Waals surface area contributed by atoms with E-state index in [4.69, 9.17) is 4.74 Å². The van der Waals surface area contributed by atoms with Gasteiger partial charge in [0.1, 0.15) is 18.3 Å². The molecule has 6 nitrogen and oxygen atoms in total. The lowest BCUT2D eigenvalue weighted by Gasteiger charge is -2.40. The fraction of sp³-hybridized carbons (Fsp3) is 0.417. The van der Waals surface area contributed by atoms with E-state index in [0.29, 0.717) is 19.6 Å². The number of methoxy groups -OCH3 is 1. The first kappa shape index (κ1) is 20.4. The number of carbonyl (C=O) groups excluding carboxylic acids is 2. The van der Waals surface area contributed by atoms with E-state index >= 15 is 0 Å². The van der Waals surface area contributed by atoms with Crippen molar-refractivity contribution in [3.8, 4) is 5.75 Å². The Morgan fingerprint density at radius 2 is 1.80 bits per heavy atom. The van der Waals surface area contributed by atoms with Crippen LogP contribution in [0.25, 0.3) is 0 Å². The van der Waals surface area contributed by atoms with Crippen LogP contribution in [0.4, 0.5) is 0 Å². The van der Waals surface area contributed by atoms with Crippen molar-refractivity contribution in [1.82, 2.24) is 14.7 Å². The summed E-state index contributed by atoms with van der Waals surface area (Å²) in [6, 6.07) is 15.7. The van der Waals surface area contributed by atoms with Gasteiger partial charge in [-0.2, -0.15) is 0 Å². The Balaban J connectivity index is 1.48. The van der Waals surface area contributed by atoms with Crippen molar-refractivity contribution in [3.63, 3.8) is 0 Å². The molecule has 6 heteroatoms. The van der Waals surface area contributed by atoms with Gasteiger partial charge in [0.2, 0.25) is 11.8 Å². The van der Waals surface area contributed by atoms with E-state index < -0.39 is 6.04 Å². The minimum Gasteiger partial charge on any atom is -0.496 e. The third-order valence-corrected chi connectivity index (χ3v) is 6.01. The fourth-order valence-corrected chi connectivity index (χ4v) is 4.49. The van der Waals surface area contributed by atoms with Gasteiger partial charge in [0, 0.05) is 32.7 Å². The highest BCUT2D eigenvalue weighted by atomic mass is 16.5. The second-order valence-electron chi connectivity index (χ2n) is 8.18. The standard InChI is InChI=1S/C24H29N3O3/c1-18-13-20(9-10-22(18)30-2)14-25-11-6-12-27-21(16-25)24(29)26(17-23(27)28)15-19-7-4-3-5-8-19/h3-5,7-10,13,21H,6,11-12,14-17H2,1-2H3. The van der Waals surface area contributed by atoms with Crippen molar-refractivity contribution in [1.29, 1.82) is 0 Å². The number of benzene rings is 2. The number of rotatable bonds is 5. The highest BCUT2D eigenvalue weighted by Crippen LogP contribution is 2.23. The smallest absolute Gasteiger partial charge is 0.247 e. The second-order valence-corrected chi connectivity index (χ2v) is 8.18. The number of amides is 2. The molecule has 1 unspecified atom stereocenters. The minimum atomic E-state index is -0.406. The topological polar surface area (TPSA) is 53.1 Å². The van der Waals surface area contributed by atoms with Gasteiger partial charge in [0.25, 0.3) is 0 Å². The summed E-state index contributed by atoms with van der Waals surface area (Å²) in [5.41, 5.74) is 3.34. The van der Waals surface area contributed by atoms with Crippen LogP contribution in [0, 0.1) is 6.92 Å². The molecular weight excluding hydrogens is 378 g/mol. The Labute approximate surface area is 178 Å². The van der Waals surface area contributed by atoms with E-state index in [0.717, 1.165) is 36.4 Å². The summed E-state index contributed by atoms with van der Waals surface area (Å²) in [4.78, 5) is 31.9. The molecule has 2 aliphatic heterocycles. The van der Waals surface area contributed by atoms with Gasteiger partial charge < -0.3 is 14.5 Å². The Hall–Kier alpha value is -2.86. The molecule has 158 valence electrons. The molecule has 1 atom stereocenters. The molecular formula is C24H29N3O3. The van der Waals surface area contributed by atoms with Crippen LogP contribution in [0.5, 0.6) is 5.75 Å². The average molecular weight is 408 g/mol. The van der Waals surface area contributed by atoms with E-state index in [-0.39, 0.29) is 18.4 Å². The van der Waals surface area contributed by atoms with Gasteiger partial charge in [0.05, 0.1) is 7.11 Å². The number of nitrogens with zero attached hydrogens (tertiary/aromatic N) is 3. The molecule has 2 amide bonds. The molecule has 2 aromatic rings. The predicted molar refractivity (Wildman–Crippen MR) is 115 cm³/mol. The number of hydrogen-bond acceptors (Lipinski definition) is 4. The van der Waals surface area contributed by atoms with Crippen LogP contribution in [0.2, 0.25) is 0 Å². The zero-order valence-corrected chi connectivity index (χ0v) is 17.7. The summed E-state index contributed by atoms with van der Waals surface area (Å²) in [5, 5.41) is 0. The number of piperazine rings is 1. The molecule has 0 N–H and O–H groups in total. The lowest BCUT2D eigenvalue weighted by atomic mass is 10.1. The summed E-state index contributed by atoms with van der Waals surface area (Å²) in [7, 11) is 1.68. The first-order chi connectivity index (χ1) is 14.5. The molecule has 0 saturated carbocycles. The highest BCUT2D eigenvalue weighted by Gasteiger charge is 2.41. The zero-order valence-electron chi connectivity index (χ0n) is 17.7. The molecule has 4 rings (SSSR count). The summed E-state index contributed by atoms with van der Waals surface area (Å²) in [6.07, 6.45) is 0.878. The van der Waals surface area contributed by atoms with Crippen molar-refractivity contribution < 1.29 is 14.3 Å². The van der Waals surface area contributed by atoms with Crippen LogP contribution in [-0.2, 0) is 22.7 Å². The number of aryl methyl sites for hydroxylation is 1. The molecule has 30 heavy (non-hydrogen) atoms. The molecule has 0 aromatic heterocycles. The van der Waals surface area contributed by atoms with Gasteiger partial charge in [-0.1, -0.05) is 42.5 Å². The first-order valence-electron chi connectivity index (χ1n) is 10.5. The predicted octanol–water partition coefficient (Wildman–Crippen LogP) is 2.45. The molecule has 0 radical (unpaired) electrons. The van der Waals surface area contributed by atoms with Crippen LogP contribution in [0.15, 0.2) is 48.5 Å². The lowest BCUT2D eigenvalue weighted by Crippen LogP contribution is -2.61. The van der Waals surface area contributed by atoms with Gasteiger partial charge in [-0.15, -0.1) is 0 Å². The maximum atomic E-state index is 13.3. The molecule has 2 fully saturated rings. The van der Waals surface area contributed by atoms with E-state index in [2.05, 4.69) is 17.0 Å². The van der Waals surface area contributed by atoms with Gasteiger partial charge in [-0.3, -0.25) is 14.5 Å². The fourth-order valence-electron chi connectivity index (χ4n) is 4.49. The van der Waals surface area contributed by atoms with Crippen LogP contribution < -0.4 is 4.74 Å². The van der Waals surface area contributed by atoms with Crippen molar-refractivity contribution in [2.75, 3.05) is 33.3 Å². The van der Waals surface area contributed by atoms with Gasteiger partial charge in [-0.25, -0.2) is 0 Å². The zero-order chi connectivity index (χ0) is 21.1. The molecule has 2 aliphatic rings. The minimum absolute atomic E-state index is 0.0521. The van der Waals surface area contributed by atoms with Crippen molar-refractivity contribution in [2.45, 2.75) is 32.5 Å². The van der Waals surface area contributed by atoms with Crippen LogP contribution in [-0.4, -0.2) is 65.8 Å². The Morgan fingerprint density at radius 3 is 2.53 bits per heavy atom. The number of hydrogen-bond donors (Lipinski definition) is 0. The second kappa shape index (κ2) is 8.88. The van der Waals surface area contributed by atoms with Crippen LogP contribution >= 0.6 is 0 Å². The largest absolute Gasteiger partial charge is 0.496 e. The van der Waals surface area contributed by atoms with Gasteiger partial charge in [-0.05, 0) is 36.1 Å². The van der Waals surface area contributed by atoms with E-state index in [1.54, 1.807) is 16.9 Å². The van der Waals surface area contributed by atoms with Gasteiger partial charge in [0.15, 0.2) is 0 Å². The third kappa shape index (κ3) is 4.33. The van der Waals surface area contributed by atoms with Crippen molar-refractivity contribution >= 4 is 11.8 Å². The monoisotopic (exact) mass is 407 g/mol. The number of carbonyl (C=O) groups is 2. The SMILES string of the molecule is COc1ccc(CN2CCCN3C(=O)CN(Cc4ccccc4)C(=O)C3C2)cc1C. The third-order valence-electron chi connectivity index (χ3n) is 6.01. The van der Waals surface area contributed by atoms with Crippen LogP contribution in [0.3, 0.4) is 0 Å². The molecule has 2 saturated heterocycles. The van der Waals surface area contributed by atoms with E-state index in [9.17, 15) is 9.59 Å². The summed E-state index contributed by atoms with van der Waals surface area (Å²) in [5.74, 6) is 0.985.